The molecule has 0 bridgehead atoms. The first-order valence-corrected chi connectivity index (χ1v) is 19.4. The highest BCUT2D eigenvalue weighted by molar-refractivity contribution is 5.91. The predicted octanol–water partition coefficient (Wildman–Crippen LogP) is 3.13. The first-order valence-electron chi connectivity index (χ1n) is 19.4. The summed E-state index contributed by atoms with van der Waals surface area (Å²) in [5.41, 5.74) is 11.7. The van der Waals surface area contributed by atoms with Crippen LogP contribution in [0.3, 0.4) is 0 Å². The lowest BCUT2D eigenvalue weighted by Gasteiger charge is -2.48. The number of ether oxygens (including phenoxy) is 3. The minimum atomic E-state index is -1.59. The quantitative estimate of drug-likeness (QED) is 0.0474. The number of rotatable bonds is 29. The first-order chi connectivity index (χ1) is 25.1. The Bertz CT molecular complexity index is 1140. The molecule has 0 aromatic heterocycles. The number of hydrogen-bond acceptors (Lipinski definition) is 11. The van der Waals surface area contributed by atoms with Gasteiger partial charge in [-0.1, -0.05) is 96.8 Å². The summed E-state index contributed by atoms with van der Waals surface area (Å²) in [6.45, 7) is 5.39. The monoisotopic (exact) mass is 758 g/mol. The van der Waals surface area contributed by atoms with Crippen molar-refractivity contribution in [3.8, 4) is 0 Å². The zero-order valence-electron chi connectivity index (χ0n) is 32.2. The van der Waals surface area contributed by atoms with E-state index in [0.717, 1.165) is 31.1 Å². The molecule has 1 saturated heterocycles. The number of carbonyl (C=O) groups is 6. The van der Waals surface area contributed by atoms with Crippen LogP contribution >= 0.6 is 0 Å². The van der Waals surface area contributed by atoms with E-state index in [4.69, 9.17) is 30.8 Å². The number of esters is 1. The van der Waals surface area contributed by atoms with Crippen LogP contribution in [0.2, 0.25) is 0 Å². The first kappa shape index (κ1) is 47.7. The van der Waals surface area contributed by atoms with Crippen molar-refractivity contribution in [3.05, 3.63) is 0 Å². The number of aliphatic carboxylic acids is 2. The molecule has 4 unspecified atom stereocenters. The van der Waals surface area contributed by atoms with Crippen LogP contribution in [0, 0.1) is 0 Å². The Hall–Kier alpha value is -3.34. The highest BCUT2D eigenvalue weighted by Gasteiger charge is 2.50. The van der Waals surface area contributed by atoms with E-state index < -0.39 is 97.4 Å². The molecule has 1 heterocycles. The van der Waals surface area contributed by atoms with Crippen LogP contribution in [-0.4, -0.2) is 111 Å². The molecular formula is C37H66N4O12. The highest BCUT2D eigenvalue weighted by Crippen LogP contribution is 2.28. The number of nitrogens with two attached hydrogens (primary N) is 2. The summed E-state index contributed by atoms with van der Waals surface area (Å²) in [5, 5.41) is 31.9. The summed E-state index contributed by atoms with van der Waals surface area (Å²) >= 11 is 0. The van der Waals surface area contributed by atoms with Crippen LogP contribution in [0.1, 0.15) is 143 Å². The smallest absolute Gasteiger partial charge is 0.332 e. The van der Waals surface area contributed by atoms with Gasteiger partial charge in [0.1, 0.15) is 37.0 Å². The van der Waals surface area contributed by atoms with Crippen molar-refractivity contribution in [2.24, 2.45) is 11.5 Å². The van der Waals surface area contributed by atoms with Gasteiger partial charge in [-0.15, -0.1) is 0 Å². The molecule has 306 valence electrons. The van der Waals surface area contributed by atoms with Crippen molar-refractivity contribution in [2.45, 2.75) is 192 Å². The largest absolute Gasteiger partial charge is 0.481 e. The molecule has 0 saturated carbocycles. The average Bonchev–Trinajstić information content (AvgIpc) is 3.09. The van der Waals surface area contributed by atoms with Gasteiger partial charge in [-0.05, 0) is 26.7 Å². The lowest BCUT2D eigenvalue weighted by molar-refractivity contribution is -0.247. The fourth-order valence-corrected chi connectivity index (χ4v) is 6.34. The summed E-state index contributed by atoms with van der Waals surface area (Å²) < 4.78 is 17.0. The molecule has 8 N–H and O–H groups in total. The number of aliphatic hydroxyl groups excluding tert-OH is 1. The SMILES string of the molecule is CCCCCCCCCCCCCCCCCC(=O)OC[C@H]1OC(N(C(C)=O)C(C)C(=O)NC(CCC(=O)O)C(N)=O)[C@H](N)[C@@H](OC(C)C(=O)O)[C@@H]1O. The Morgan fingerprint density at radius 1 is 0.830 bits per heavy atom. The maximum absolute atomic E-state index is 13.2. The molecule has 1 aliphatic rings. The zero-order chi connectivity index (χ0) is 39.9. The summed E-state index contributed by atoms with van der Waals surface area (Å²) in [4.78, 5) is 74.2. The number of carbonyl (C=O) groups excluding carboxylic acids is 4. The molecule has 1 rings (SSSR count). The van der Waals surface area contributed by atoms with Gasteiger partial charge in [0.25, 0.3) is 0 Å². The molecule has 0 radical (unpaired) electrons. The molecular weight excluding hydrogens is 692 g/mol. The second kappa shape index (κ2) is 26.4. The number of unbranched alkanes of at least 4 members (excludes halogenated alkanes) is 14. The number of carboxylic acid groups (broad SMARTS) is 2. The van der Waals surface area contributed by atoms with Crippen LogP contribution in [0.15, 0.2) is 0 Å². The van der Waals surface area contributed by atoms with Gasteiger partial charge in [-0.25, -0.2) is 4.79 Å². The second-order valence-electron chi connectivity index (χ2n) is 14.1. The summed E-state index contributed by atoms with van der Waals surface area (Å²) in [5.74, 6) is -5.70. The molecule has 0 spiro atoms. The fraction of sp³-hybridized carbons (Fsp3) is 0.838. The van der Waals surface area contributed by atoms with Crippen molar-refractivity contribution >= 4 is 35.6 Å². The van der Waals surface area contributed by atoms with Crippen molar-refractivity contribution in [1.82, 2.24) is 10.2 Å². The van der Waals surface area contributed by atoms with Crippen LogP contribution in [0.4, 0.5) is 0 Å². The maximum atomic E-state index is 13.2. The minimum absolute atomic E-state index is 0.139. The van der Waals surface area contributed by atoms with Gasteiger partial charge in [0.2, 0.25) is 17.7 Å². The summed E-state index contributed by atoms with van der Waals surface area (Å²) in [7, 11) is 0. The van der Waals surface area contributed by atoms with Crippen molar-refractivity contribution in [2.75, 3.05) is 6.61 Å². The van der Waals surface area contributed by atoms with E-state index in [1.807, 2.05) is 0 Å². The zero-order valence-corrected chi connectivity index (χ0v) is 32.2. The third kappa shape index (κ3) is 18.5. The minimum Gasteiger partial charge on any atom is -0.481 e. The second-order valence-corrected chi connectivity index (χ2v) is 14.1. The van der Waals surface area contributed by atoms with E-state index in [-0.39, 0.29) is 12.8 Å². The Balaban J connectivity index is 2.76. The number of primary amides is 1. The van der Waals surface area contributed by atoms with Crippen molar-refractivity contribution in [3.63, 3.8) is 0 Å². The molecule has 0 aliphatic carbocycles. The van der Waals surface area contributed by atoms with Gasteiger partial charge in [0, 0.05) is 19.8 Å². The number of amides is 3. The van der Waals surface area contributed by atoms with Gasteiger partial charge in [0.05, 0.1) is 6.04 Å². The average molecular weight is 759 g/mol. The molecule has 16 heteroatoms. The number of aliphatic hydroxyl groups is 1. The van der Waals surface area contributed by atoms with Gasteiger partial charge < -0.3 is 51.2 Å². The molecule has 53 heavy (non-hydrogen) atoms. The number of hydrogen-bond donors (Lipinski definition) is 6. The summed E-state index contributed by atoms with van der Waals surface area (Å²) in [6.07, 6.45) is 9.85. The number of nitrogens with one attached hydrogen (secondary N) is 1. The molecule has 1 fully saturated rings. The van der Waals surface area contributed by atoms with Gasteiger partial charge in [-0.3, -0.25) is 24.0 Å². The Morgan fingerprint density at radius 3 is 1.79 bits per heavy atom. The van der Waals surface area contributed by atoms with E-state index in [0.29, 0.717) is 6.42 Å². The lowest BCUT2D eigenvalue weighted by atomic mass is 9.94. The molecule has 16 nitrogen and oxygen atoms in total. The number of carboxylic acids is 2. The molecule has 3 amide bonds. The van der Waals surface area contributed by atoms with Gasteiger partial charge >= 0.3 is 17.9 Å². The standard InChI is InChI=1S/C37H66N4O12/c1-5-6-7-8-9-10-11-12-13-14-15-16-17-18-19-20-30(45)51-23-28-32(46)33(52-25(3)37(49)50)31(38)36(53-28)41(26(4)42)24(2)35(48)40-27(34(39)47)21-22-29(43)44/h24-25,27-28,31-33,36,46H,5-23,38H2,1-4H3,(H2,39,47)(H,40,48)(H,43,44)(H,49,50)/t24?,25?,27?,28-,31-,32-,33-,36?/m1/s1. The Labute approximate surface area is 314 Å². The van der Waals surface area contributed by atoms with E-state index in [1.165, 1.54) is 84.5 Å². The fourth-order valence-electron chi connectivity index (χ4n) is 6.34. The van der Waals surface area contributed by atoms with E-state index >= 15 is 0 Å². The Morgan fingerprint density at radius 2 is 1.34 bits per heavy atom. The number of nitrogens with zero attached hydrogens (tertiary/aromatic N) is 1. The van der Waals surface area contributed by atoms with Crippen LogP contribution in [-0.2, 0) is 43.0 Å². The predicted molar refractivity (Wildman–Crippen MR) is 195 cm³/mol. The lowest BCUT2D eigenvalue weighted by Crippen LogP contribution is -2.70. The van der Waals surface area contributed by atoms with E-state index in [9.17, 15) is 39.0 Å². The Kier molecular flexibility index (Phi) is 23.8. The molecule has 0 aromatic rings. The third-order valence-corrected chi connectivity index (χ3v) is 9.58. The third-order valence-electron chi connectivity index (χ3n) is 9.58. The molecule has 1 aliphatic heterocycles. The summed E-state index contributed by atoms with van der Waals surface area (Å²) in [6, 6.07) is -4.13. The van der Waals surface area contributed by atoms with Crippen molar-refractivity contribution in [1.29, 1.82) is 0 Å². The van der Waals surface area contributed by atoms with E-state index in [1.54, 1.807) is 0 Å². The van der Waals surface area contributed by atoms with Crippen LogP contribution in [0.5, 0.6) is 0 Å². The highest BCUT2D eigenvalue weighted by atomic mass is 16.6. The van der Waals surface area contributed by atoms with Crippen LogP contribution < -0.4 is 16.8 Å². The topological polar surface area (TPSA) is 258 Å². The molecule has 0 aromatic carbocycles. The van der Waals surface area contributed by atoms with Crippen LogP contribution in [0.25, 0.3) is 0 Å². The van der Waals surface area contributed by atoms with E-state index in [2.05, 4.69) is 12.2 Å². The van der Waals surface area contributed by atoms with Crippen molar-refractivity contribution < 1.29 is 58.3 Å². The van der Waals surface area contributed by atoms with Gasteiger partial charge in [-0.2, -0.15) is 0 Å². The molecule has 8 atom stereocenters. The maximum Gasteiger partial charge on any atom is 0.332 e. The normalized spacial score (nSPS) is 21.6. The van der Waals surface area contributed by atoms with Gasteiger partial charge in [0.15, 0.2) is 12.3 Å².